The SMILES string of the molecule is CCC(SCC(=O)Nc1sccc1C#N)C(=O)O. The number of carboxylic acid groups (broad SMARTS) is 1. The quantitative estimate of drug-likeness (QED) is 0.835. The van der Waals surface area contributed by atoms with Gasteiger partial charge in [-0.25, -0.2) is 0 Å². The summed E-state index contributed by atoms with van der Waals surface area (Å²) in [5.41, 5.74) is 0.420. The zero-order valence-corrected chi connectivity index (χ0v) is 11.3. The van der Waals surface area contributed by atoms with Gasteiger partial charge in [-0.05, 0) is 17.9 Å². The van der Waals surface area contributed by atoms with Crippen LogP contribution in [0.2, 0.25) is 0 Å². The summed E-state index contributed by atoms with van der Waals surface area (Å²) in [6.45, 7) is 1.76. The van der Waals surface area contributed by atoms with Crippen LogP contribution in [0.4, 0.5) is 5.00 Å². The van der Waals surface area contributed by atoms with Crippen LogP contribution in [0.15, 0.2) is 11.4 Å². The van der Waals surface area contributed by atoms with E-state index in [0.717, 1.165) is 11.8 Å². The van der Waals surface area contributed by atoms with E-state index in [4.69, 9.17) is 10.4 Å². The highest BCUT2D eigenvalue weighted by molar-refractivity contribution is 8.01. The van der Waals surface area contributed by atoms with Crippen molar-refractivity contribution in [3.63, 3.8) is 0 Å². The number of hydrogen-bond donors (Lipinski definition) is 2. The third-order valence-electron chi connectivity index (χ3n) is 2.10. The van der Waals surface area contributed by atoms with E-state index in [9.17, 15) is 9.59 Å². The molecule has 96 valence electrons. The average Bonchev–Trinajstić information content (AvgIpc) is 2.76. The van der Waals surface area contributed by atoms with Crippen molar-refractivity contribution in [2.24, 2.45) is 0 Å². The van der Waals surface area contributed by atoms with Crippen molar-refractivity contribution < 1.29 is 14.7 Å². The number of carbonyl (C=O) groups excluding carboxylic acids is 1. The van der Waals surface area contributed by atoms with Crippen LogP contribution in [0.3, 0.4) is 0 Å². The average molecular weight is 284 g/mol. The Bertz CT molecular complexity index is 479. The Kier molecular flexibility index (Phi) is 5.68. The molecule has 1 aromatic heterocycles. The molecular weight excluding hydrogens is 272 g/mol. The number of thiophene rings is 1. The molecule has 1 heterocycles. The van der Waals surface area contributed by atoms with Crippen molar-refractivity contribution in [1.29, 1.82) is 5.26 Å². The van der Waals surface area contributed by atoms with E-state index in [1.165, 1.54) is 11.3 Å². The van der Waals surface area contributed by atoms with Gasteiger partial charge in [-0.15, -0.1) is 23.1 Å². The highest BCUT2D eigenvalue weighted by Crippen LogP contribution is 2.23. The first kappa shape index (κ1) is 14.5. The Balaban J connectivity index is 2.48. The lowest BCUT2D eigenvalue weighted by molar-refractivity contribution is -0.136. The molecule has 0 bridgehead atoms. The Morgan fingerprint density at radius 1 is 1.67 bits per heavy atom. The van der Waals surface area contributed by atoms with Crippen molar-refractivity contribution >= 4 is 40.0 Å². The summed E-state index contributed by atoms with van der Waals surface area (Å²) < 4.78 is 0. The predicted molar refractivity (Wildman–Crippen MR) is 71.8 cm³/mol. The van der Waals surface area contributed by atoms with Crippen LogP contribution in [0.5, 0.6) is 0 Å². The van der Waals surface area contributed by atoms with Gasteiger partial charge in [0.25, 0.3) is 0 Å². The molecule has 0 saturated heterocycles. The monoisotopic (exact) mass is 284 g/mol. The maximum atomic E-state index is 11.6. The minimum Gasteiger partial charge on any atom is -0.480 e. The number of anilines is 1. The standard InChI is InChI=1S/C11H12N2O3S2/c1-2-8(11(15)16)18-6-9(14)13-10-7(5-12)3-4-17-10/h3-4,8H,2,6H2,1H3,(H,13,14)(H,15,16). The fraction of sp³-hybridized carbons (Fsp3) is 0.364. The van der Waals surface area contributed by atoms with Crippen molar-refractivity contribution in [1.82, 2.24) is 0 Å². The molecule has 0 fully saturated rings. The largest absolute Gasteiger partial charge is 0.480 e. The highest BCUT2D eigenvalue weighted by atomic mass is 32.2. The molecule has 1 rings (SSSR count). The molecule has 7 heteroatoms. The summed E-state index contributed by atoms with van der Waals surface area (Å²) in [6.07, 6.45) is 0.468. The highest BCUT2D eigenvalue weighted by Gasteiger charge is 2.17. The second-order valence-corrected chi connectivity index (χ2v) is 5.48. The fourth-order valence-electron chi connectivity index (χ4n) is 1.20. The summed E-state index contributed by atoms with van der Waals surface area (Å²) in [5.74, 6) is -1.14. The first-order valence-corrected chi connectivity index (χ1v) is 7.13. The van der Waals surface area contributed by atoms with E-state index in [-0.39, 0.29) is 11.7 Å². The Morgan fingerprint density at radius 3 is 2.94 bits per heavy atom. The molecule has 1 aromatic rings. The summed E-state index contributed by atoms with van der Waals surface area (Å²) in [6, 6.07) is 3.59. The second-order valence-electron chi connectivity index (χ2n) is 3.37. The predicted octanol–water partition coefficient (Wildman–Crippen LogP) is 2.15. The minimum absolute atomic E-state index is 0.0631. The number of hydrogen-bond acceptors (Lipinski definition) is 5. The number of rotatable bonds is 6. The van der Waals surface area contributed by atoms with E-state index in [1.54, 1.807) is 18.4 Å². The van der Waals surface area contributed by atoms with Crippen LogP contribution >= 0.6 is 23.1 Å². The number of carbonyl (C=O) groups is 2. The Labute approximate surface area is 113 Å². The maximum Gasteiger partial charge on any atom is 0.316 e. The number of thioether (sulfide) groups is 1. The lowest BCUT2D eigenvalue weighted by atomic mass is 10.3. The first-order valence-electron chi connectivity index (χ1n) is 5.20. The number of nitrogens with one attached hydrogen (secondary N) is 1. The van der Waals surface area contributed by atoms with Crippen molar-refractivity contribution in [2.45, 2.75) is 18.6 Å². The number of nitrogens with zero attached hydrogens (tertiary/aromatic N) is 1. The van der Waals surface area contributed by atoms with Gasteiger partial charge in [0.05, 0.1) is 11.3 Å². The van der Waals surface area contributed by atoms with Crippen molar-refractivity contribution in [3.05, 3.63) is 17.0 Å². The molecule has 1 amide bonds. The lowest BCUT2D eigenvalue weighted by Gasteiger charge is -2.08. The zero-order chi connectivity index (χ0) is 13.5. The molecule has 0 radical (unpaired) electrons. The van der Waals surface area contributed by atoms with Gasteiger partial charge in [-0.3, -0.25) is 9.59 Å². The normalized spacial score (nSPS) is 11.6. The van der Waals surface area contributed by atoms with Gasteiger partial charge in [0.15, 0.2) is 0 Å². The maximum absolute atomic E-state index is 11.6. The van der Waals surface area contributed by atoms with Crippen LogP contribution in [0.1, 0.15) is 18.9 Å². The molecule has 5 nitrogen and oxygen atoms in total. The molecule has 18 heavy (non-hydrogen) atoms. The van der Waals surface area contributed by atoms with Gasteiger partial charge < -0.3 is 10.4 Å². The van der Waals surface area contributed by atoms with E-state index < -0.39 is 11.2 Å². The van der Waals surface area contributed by atoms with Crippen molar-refractivity contribution in [2.75, 3.05) is 11.1 Å². The van der Waals surface area contributed by atoms with Gasteiger partial charge in [0.1, 0.15) is 16.3 Å². The topological polar surface area (TPSA) is 90.2 Å². The number of nitriles is 1. The number of carboxylic acids is 1. The third-order valence-corrected chi connectivity index (χ3v) is 4.30. The zero-order valence-electron chi connectivity index (χ0n) is 9.67. The molecular formula is C11H12N2O3S2. The van der Waals surface area contributed by atoms with Gasteiger partial charge in [0.2, 0.25) is 5.91 Å². The second kappa shape index (κ2) is 7.03. The van der Waals surface area contributed by atoms with E-state index in [2.05, 4.69) is 5.32 Å². The summed E-state index contributed by atoms with van der Waals surface area (Å²) in [7, 11) is 0. The molecule has 2 N–H and O–H groups in total. The molecule has 0 aliphatic carbocycles. The Morgan fingerprint density at radius 2 is 2.39 bits per heavy atom. The summed E-state index contributed by atoms with van der Waals surface area (Å²) >= 11 is 2.35. The smallest absolute Gasteiger partial charge is 0.316 e. The van der Waals surface area contributed by atoms with Gasteiger partial charge in [0, 0.05) is 0 Å². The van der Waals surface area contributed by atoms with E-state index >= 15 is 0 Å². The number of aliphatic carboxylic acids is 1. The number of amides is 1. The van der Waals surface area contributed by atoms with Gasteiger partial charge in [-0.1, -0.05) is 6.92 Å². The van der Waals surface area contributed by atoms with E-state index in [1.807, 2.05) is 6.07 Å². The minimum atomic E-state index is -0.913. The lowest BCUT2D eigenvalue weighted by Crippen LogP contribution is -2.20. The molecule has 0 spiro atoms. The summed E-state index contributed by atoms with van der Waals surface area (Å²) in [5, 5.41) is 21.9. The Hall–Kier alpha value is -1.52. The molecule has 1 unspecified atom stereocenters. The van der Waals surface area contributed by atoms with Crippen LogP contribution in [0.25, 0.3) is 0 Å². The van der Waals surface area contributed by atoms with E-state index in [0.29, 0.717) is 17.0 Å². The van der Waals surface area contributed by atoms with Crippen LogP contribution < -0.4 is 5.32 Å². The van der Waals surface area contributed by atoms with Crippen molar-refractivity contribution in [3.8, 4) is 6.07 Å². The van der Waals surface area contributed by atoms with Crippen LogP contribution in [-0.4, -0.2) is 28.0 Å². The molecule has 0 aromatic carbocycles. The third kappa shape index (κ3) is 4.05. The molecule has 0 saturated carbocycles. The first-order chi connectivity index (χ1) is 8.58. The van der Waals surface area contributed by atoms with Gasteiger partial charge in [-0.2, -0.15) is 5.26 Å². The molecule has 1 atom stereocenters. The molecule has 0 aliphatic rings. The molecule has 0 aliphatic heterocycles. The van der Waals surface area contributed by atoms with Crippen LogP contribution in [-0.2, 0) is 9.59 Å². The summed E-state index contributed by atoms with van der Waals surface area (Å²) in [4.78, 5) is 22.4. The fourth-order valence-corrected chi connectivity index (χ4v) is 2.75. The van der Waals surface area contributed by atoms with Crippen LogP contribution in [0, 0.1) is 11.3 Å². The van der Waals surface area contributed by atoms with Gasteiger partial charge >= 0.3 is 5.97 Å².